The van der Waals surface area contributed by atoms with Gasteiger partial charge in [0, 0.05) is 0 Å². The van der Waals surface area contributed by atoms with E-state index in [4.69, 9.17) is 14.3 Å². The number of methoxy groups -OCH3 is 1. The molecule has 0 bridgehead atoms. The molecule has 2 N–H and O–H groups in total. The Morgan fingerprint density at radius 2 is 1.95 bits per heavy atom. The normalized spacial score (nSPS) is 10.5. The van der Waals surface area contributed by atoms with E-state index < -0.39 is 50.0 Å². The summed E-state index contributed by atoms with van der Waals surface area (Å²) >= 11 is 0. The fourth-order valence-corrected chi connectivity index (χ4v) is 1.86. The number of benzene rings is 1. The van der Waals surface area contributed by atoms with Crippen LogP contribution >= 0.6 is 0 Å². The number of carbonyl (C=O) groups is 1. The summed E-state index contributed by atoms with van der Waals surface area (Å²) in [5.74, 6) is -4.23. The third kappa shape index (κ3) is 1.96. The number of carboxylic acids is 1. The minimum absolute atomic E-state index is 0.300. The average Bonchev–Trinajstić information content (AvgIpc) is 2.80. The first kappa shape index (κ1) is 14.0. The number of furan rings is 1. The van der Waals surface area contributed by atoms with Gasteiger partial charge in [0.15, 0.2) is 5.56 Å². The molecule has 0 radical (unpaired) electrons. The van der Waals surface area contributed by atoms with Crippen LogP contribution in [0.5, 0.6) is 11.5 Å². The number of ether oxygens (including phenoxy) is 1. The number of hydrogen-bond donors (Lipinski definition) is 2. The van der Waals surface area contributed by atoms with Crippen molar-refractivity contribution in [1.29, 1.82) is 0 Å². The van der Waals surface area contributed by atoms with E-state index in [-0.39, 0.29) is 5.39 Å². The van der Waals surface area contributed by atoms with Gasteiger partial charge < -0.3 is 19.4 Å². The van der Waals surface area contributed by atoms with Gasteiger partial charge in [-0.2, -0.15) is 0 Å². The smallest absolute Gasteiger partial charge is 0.434 e. The van der Waals surface area contributed by atoms with E-state index in [1.807, 2.05) is 0 Å². The van der Waals surface area contributed by atoms with Crippen LogP contribution in [-0.2, 0) is 0 Å². The summed E-state index contributed by atoms with van der Waals surface area (Å²) in [5, 5.41) is 40.1. The Hall–Kier alpha value is -3.37. The molecule has 2 rings (SSSR count). The molecule has 1 heterocycles. The molecule has 0 aliphatic carbocycles. The van der Waals surface area contributed by atoms with Crippen LogP contribution in [0.25, 0.3) is 11.0 Å². The minimum Gasteiger partial charge on any atom is -0.501 e. The van der Waals surface area contributed by atoms with Crippen molar-refractivity contribution in [3.05, 3.63) is 31.9 Å². The SMILES string of the molecule is COc1c(C(=O)O)c(O)c([N+](=O)[O-])c2oc([N+](=O)[O-])cc12. The van der Waals surface area contributed by atoms with Crippen molar-refractivity contribution in [2.45, 2.75) is 0 Å². The topological polar surface area (TPSA) is 166 Å². The first-order valence-corrected chi connectivity index (χ1v) is 5.18. The molecule has 0 amide bonds. The maximum Gasteiger partial charge on any atom is 0.434 e. The monoisotopic (exact) mass is 298 g/mol. The fourth-order valence-electron chi connectivity index (χ4n) is 1.86. The zero-order valence-corrected chi connectivity index (χ0v) is 10.2. The van der Waals surface area contributed by atoms with Crippen molar-refractivity contribution < 1.29 is 34.0 Å². The highest BCUT2D eigenvalue weighted by atomic mass is 16.7. The van der Waals surface area contributed by atoms with Gasteiger partial charge in [0.1, 0.15) is 10.7 Å². The predicted octanol–water partition coefficient (Wildman–Crippen LogP) is 1.66. The number of rotatable bonds is 4. The number of nitro benzene ring substituents is 1. The second-order valence-corrected chi connectivity index (χ2v) is 3.75. The fraction of sp³-hybridized carbons (Fsp3) is 0.100. The van der Waals surface area contributed by atoms with Gasteiger partial charge in [0.25, 0.3) is 0 Å². The van der Waals surface area contributed by atoms with Crippen molar-refractivity contribution in [1.82, 2.24) is 0 Å². The van der Waals surface area contributed by atoms with E-state index in [1.54, 1.807) is 0 Å². The minimum atomic E-state index is -1.70. The molecule has 1 aromatic heterocycles. The number of phenols is 1. The Kier molecular flexibility index (Phi) is 3.10. The van der Waals surface area contributed by atoms with Crippen LogP contribution in [0, 0.1) is 20.2 Å². The second-order valence-electron chi connectivity index (χ2n) is 3.75. The Balaban J connectivity index is 3.06. The molecule has 0 saturated heterocycles. The Morgan fingerprint density at radius 1 is 1.33 bits per heavy atom. The zero-order valence-electron chi connectivity index (χ0n) is 10.2. The molecule has 0 aliphatic rings. The molecule has 0 atom stereocenters. The second kappa shape index (κ2) is 4.63. The van der Waals surface area contributed by atoms with Crippen LogP contribution in [0.3, 0.4) is 0 Å². The van der Waals surface area contributed by atoms with E-state index in [2.05, 4.69) is 0 Å². The predicted molar refractivity (Wildman–Crippen MR) is 64.7 cm³/mol. The number of nitro groups is 2. The lowest BCUT2D eigenvalue weighted by Crippen LogP contribution is -2.04. The molecule has 11 heteroatoms. The van der Waals surface area contributed by atoms with E-state index in [0.717, 1.165) is 13.2 Å². The summed E-state index contributed by atoms with van der Waals surface area (Å²) in [6.07, 6.45) is 0. The molecule has 0 fully saturated rings. The van der Waals surface area contributed by atoms with E-state index in [0.29, 0.717) is 0 Å². The first-order chi connectivity index (χ1) is 9.79. The first-order valence-electron chi connectivity index (χ1n) is 5.18. The summed E-state index contributed by atoms with van der Waals surface area (Å²) in [5.41, 5.74) is -2.62. The quantitative estimate of drug-likeness (QED) is 0.629. The van der Waals surface area contributed by atoms with Crippen molar-refractivity contribution in [3.8, 4) is 11.5 Å². The van der Waals surface area contributed by atoms with Crippen molar-refractivity contribution in [2.24, 2.45) is 0 Å². The number of nitrogens with zero attached hydrogens (tertiary/aromatic N) is 2. The molecular formula is C10H6N2O9. The highest BCUT2D eigenvalue weighted by Gasteiger charge is 2.35. The molecule has 21 heavy (non-hydrogen) atoms. The number of fused-ring (bicyclic) bond motifs is 1. The Morgan fingerprint density at radius 3 is 2.38 bits per heavy atom. The number of aromatic carboxylic acids is 1. The molecule has 110 valence electrons. The molecule has 2 aromatic rings. The molecular weight excluding hydrogens is 292 g/mol. The summed E-state index contributed by atoms with van der Waals surface area (Å²) < 4.78 is 9.49. The van der Waals surface area contributed by atoms with Gasteiger partial charge in [0.05, 0.1) is 23.5 Å². The van der Waals surface area contributed by atoms with Gasteiger partial charge in [-0.25, -0.2) is 4.79 Å². The van der Waals surface area contributed by atoms with Gasteiger partial charge in [-0.15, -0.1) is 0 Å². The number of aromatic hydroxyl groups is 1. The van der Waals surface area contributed by atoms with Crippen LogP contribution in [0.4, 0.5) is 11.6 Å². The average molecular weight is 298 g/mol. The van der Waals surface area contributed by atoms with Crippen LogP contribution < -0.4 is 4.74 Å². The van der Waals surface area contributed by atoms with Crippen molar-refractivity contribution in [3.63, 3.8) is 0 Å². The number of hydrogen-bond acceptors (Lipinski definition) is 8. The third-order valence-corrected chi connectivity index (χ3v) is 2.65. The van der Waals surface area contributed by atoms with Gasteiger partial charge >= 0.3 is 17.5 Å². The van der Waals surface area contributed by atoms with Gasteiger partial charge in [-0.05, 0) is 0 Å². The number of carboxylic acid groups (broad SMARTS) is 1. The largest absolute Gasteiger partial charge is 0.501 e. The molecule has 0 unspecified atom stereocenters. The molecule has 1 aromatic carbocycles. The lowest BCUT2D eigenvalue weighted by atomic mass is 10.1. The standard InChI is InChI=1S/C10H6N2O9/c1-20-8-3-2-4(11(16)17)21-9(3)6(12(18)19)7(13)5(8)10(14)15/h2,13H,1H3,(H,14,15). The lowest BCUT2D eigenvalue weighted by Gasteiger charge is -2.08. The lowest BCUT2D eigenvalue weighted by molar-refractivity contribution is -0.402. The highest BCUT2D eigenvalue weighted by molar-refractivity contribution is 6.07. The molecule has 11 nitrogen and oxygen atoms in total. The van der Waals surface area contributed by atoms with E-state index >= 15 is 0 Å². The van der Waals surface area contributed by atoms with Crippen LogP contribution in [0.2, 0.25) is 0 Å². The van der Waals surface area contributed by atoms with Gasteiger partial charge in [-0.3, -0.25) is 20.2 Å². The van der Waals surface area contributed by atoms with Crippen molar-refractivity contribution >= 4 is 28.5 Å². The third-order valence-electron chi connectivity index (χ3n) is 2.65. The van der Waals surface area contributed by atoms with Crippen LogP contribution in [-0.4, -0.2) is 33.1 Å². The van der Waals surface area contributed by atoms with E-state index in [1.165, 1.54) is 0 Å². The van der Waals surface area contributed by atoms with Gasteiger partial charge in [0.2, 0.25) is 11.3 Å². The Bertz CT molecular complexity index is 792. The zero-order chi connectivity index (χ0) is 15.9. The maximum atomic E-state index is 11.1. The summed E-state index contributed by atoms with van der Waals surface area (Å²) in [7, 11) is 1.05. The maximum absolute atomic E-state index is 11.1. The van der Waals surface area contributed by atoms with Crippen molar-refractivity contribution in [2.75, 3.05) is 7.11 Å². The summed E-state index contributed by atoms with van der Waals surface area (Å²) in [6, 6.07) is 0.785. The van der Waals surface area contributed by atoms with Crippen LogP contribution in [0.15, 0.2) is 10.5 Å². The molecule has 0 saturated carbocycles. The van der Waals surface area contributed by atoms with Gasteiger partial charge in [-0.1, -0.05) is 0 Å². The molecule has 0 aliphatic heterocycles. The highest BCUT2D eigenvalue weighted by Crippen LogP contribution is 2.47. The van der Waals surface area contributed by atoms with E-state index in [9.17, 15) is 30.1 Å². The molecule has 0 spiro atoms. The van der Waals surface area contributed by atoms with Crippen LogP contribution in [0.1, 0.15) is 10.4 Å². The summed E-state index contributed by atoms with van der Waals surface area (Å²) in [6.45, 7) is 0. The Labute approximate surface area is 114 Å². The summed E-state index contributed by atoms with van der Waals surface area (Å²) in [4.78, 5) is 30.7.